The van der Waals surface area contributed by atoms with Crippen molar-refractivity contribution in [3.8, 4) is 0 Å². The summed E-state index contributed by atoms with van der Waals surface area (Å²) < 4.78 is 5.51. The largest absolute Gasteiger partial charge is 0.444 e. The summed E-state index contributed by atoms with van der Waals surface area (Å²) in [5.74, 6) is 0.661. The minimum Gasteiger partial charge on any atom is -0.444 e. The molecule has 1 aliphatic heterocycles. The number of carbonyl (C=O) groups excluding carboxylic acids is 1. The predicted octanol–water partition coefficient (Wildman–Crippen LogP) is 4.16. The van der Waals surface area contributed by atoms with E-state index in [0.717, 1.165) is 25.9 Å². The van der Waals surface area contributed by atoms with E-state index in [0.29, 0.717) is 16.4 Å². The molecule has 112 valence electrons. The fourth-order valence-electron chi connectivity index (χ4n) is 1.80. The summed E-state index contributed by atoms with van der Waals surface area (Å²) in [5.41, 5.74) is -0.409. The maximum atomic E-state index is 12.2. The molecule has 19 heavy (non-hydrogen) atoms. The van der Waals surface area contributed by atoms with Gasteiger partial charge in [-0.25, -0.2) is 4.79 Å². The molecule has 3 nitrogen and oxygen atoms in total. The molecule has 0 aromatic rings. The number of amides is 1. The van der Waals surface area contributed by atoms with Gasteiger partial charge < -0.3 is 9.64 Å². The first-order valence-electron chi connectivity index (χ1n) is 7.36. The van der Waals surface area contributed by atoms with E-state index in [9.17, 15) is 4.79 Å². The molecule has 0 radical (unpaired) electrons. The molecule has 1 amide bonds. The number of hydrogen-bond acceptors (Lipinski definition) is 3. The Balaban J connectivity index is 2.50. The molecule has 0 N–H and O–H groups in total. The fraction of sp³-hybridized carbons (Fsp3) is 0.933. The van der Waals surface area contributed by atoms with Crippen LogP contribution in [0.25, 0.3) is 0 Å². The predicted molar refractivity (Wildman–Crippen MR) is 82.7 cm³/mol. The van der Waals surface area contributed by atoms with Crippen LogP contribution in [0.1, 0.15) is 54.4 Å². The maximum Gasteiger partial charge on any atom is 0.410 e. The highest BCUT2D eigenvalue weighted by Crippen LogP contribution is 2.41. The van der Waals surface area contributed by atoms with Crippen molar-refractivity contribution < 1.29 is 9.53 Å². The number of nitrogens with zero attached hydrogens (tertiary/aromatic N) is 1. The molecule has 1 aliphatic rings. The number of hydrogen-bond donors (Lipinski definition) is 0. The van der Waals surface area contributed by atoms with Gasteiger partial charge in [-0.2, -0.15) is 11.8 Å². The maximum absolute atomic E-state index is 12.2. The highest BCUT2D eigenvalue weighted by atomic mass is 32.2. The second kappa shape index (κ2) is 6.87. The van der Waals surface area contributed by atoms with E-state index in [1.165, 1.54) is 0 Å². The van der Waals surface area contributed by atoms with E-state index in [4.69, 9.17) is 4.74 Å². The molecule has 0 spiro atoms. The Labute approximate surface area is 122 Å². The third kappa shape index (κ3) is 6.55. The molecule has 1 heterocycles. The Hall–Kier alpha value is -0.380. The van der Waals surface area contributed by atoms with Gasteiger partial charge in [-0.05, 0) is 33.1 Å². The number of rotatable bonds is 6. The van der Waals surface area contributed by atoms with Crippen molar-refractivity contribution in [2.75, 3.05) is 13.1 Å². The van der Waals surface area contributed by atoms with Crippen molar-refractivity contribution in [2.24, 2.45) is 5.92 Å². The molecular weight excluding hydrogens is 258 g/mol. The van der Waals surface area contributed by atoms with Crippen LogP contribution in [0, 0.1) is 5.92 Å². The van der Waals surface area contributed by atoms with Crippen LogP contribution in [0.2, 0.25) is 0 Å². The van der Waals surface area contributed by atoms with Crippen molar-refractivity contribution in [3.63, 3.8) is 0 Å². The topological polar surface area (TPSA) is 29.5 Å². The second-order valence-corrected chi connectivity index (χ2v) is 8.23. The van der Waals surface area contributed by atoms with E-state index in [-0.39, 0.29) is 6.09 Å². The van der Waals surface area contributed by atoms with E-state index in [2.05, 4.69) is 20.8 Å². The van der Waals surface area contributed by atoms with Crippen LogP contribution in [-0.2, 0) is 4.74 Å². The molecule has 0 saturated carbocycles. The quantitative estimate of drug-likeness (QED) is 0.687. The monoisotopic (exact) mass is 287 g/mol. The highest BCUT2D eigenvalue weighted by Gasteiger charge is 2.37. The zero-order chi connectivity index (χ0) is 14.6. The Kier molecular flexibility index (Phi) is 6.03. The molecule has 0 aromatic heterocycles. The smallest absolute Gasteiger partial charge is 0.410 e. The lowest BCUT2D eigenvalue weighted by atomic mass is 10.1. The van der Waals surface area contributed by atoms with Crippen LogP contribution in [0.3, 0.4) is 0 Å². The summed E-state index contributed by atoms with van der Waals surface area (Å²) >= 11 is 1.95. The molecule has 0 aliphatic carbocycles. The first-order chi connectivity index (χ1) is 8.73. The van der Waals surface area contributed by atoms with Gasteiger partial charge in [0.2, 0.25) is 0 Å². The van der Waals surface area contributed by atoms with Crippen LogP contribution in [0.4, 0.5) is 4.79 Å². The lowest BCUT2D eigenvalue weighted by Crippen LogP contribution is -2.40. The van der Waals surface area contributed by atoms with Crippen LogP contribution in [0.15, 0.2) is 0 Å². The Bertz CT molecular complexity index is 301. The summed E-state index contributed by atoms with van der Waals surface area (Å²) in [5, 5.41) is 1.29. The Morgan fingerprint density at radius 3 is 2.42 bits per heavy atom. The van der Waals surface area contributed by atoms with Crippen molar-refractivity contribution in [2.45, 2.75) is 70.5 Å². The lowest BCUT2D eigenvalue weighted by Gasteiger charge is -2.28. The molecule has 4 heteroatoms. The van der Waals surface area contributed by atoms with Gasteiger partial charge in [0.15, 0.2) is 0 Å². The van der Waals surface area contributed by atoms with Crippen LogP contribution < -0.4 is 0 Å². The number of thioether (sulfide) groups is 1. The second-order valence-electron chi connectivity index (χ2n) is 6.61. The Morgan fingerprint density at radius 2 is 2.00 bits per heavy atom. The van der Waals surface area contributed by atoms with E-state index < -0.39 is 5.60 Å². The van der Waals surface area contributed by atoms with Gasteiger partial charge in [-0.15, -0.1) is 0 Å². The zero-order valence-electron chi connectivity index (χ0n) is 13.2. The molecule has 1 fully saturated rings. The average molecular weight is 287 g/mol. The molecular formula is C15H29NO2S. The van der Waals surface area contributed by atoms with Crippen LogP contribution in [-0.4, -0.2) is 40.2 Å². The van der Waals surface area contributed by atoms with E-state index in [1.54, 1.807) is 0 Å². The summed E-state index contributed by atoms with van der Waals surface area (Å²) in [4.78, 5) is 14.1. The summed E-state index contributed by atoms with van der Waals surface area (Å²) in [6.45, 7) is 14.1. The van der Waals surface area contributed by atoms with Crippen molar-refractivity contribution in [3.05, 3.63) is 0 Å². The van der Waals surface area contributed by atoms with Gasteiger partial charge in [0.25, 0.3) is 0 Å². The van der Waals surface area contributed by atoms with Gasteiger partial charge in [0.05, 0.1) is 0 Å². The van der Waals surface area contributed by atoms with Crippen LogP contribution in [0.5, 0.6) is 0 Å². The normalized spacial score (nSPS) is 23.9. The molecule has 1 saturated heterocycles. The molecule has 3 unspecified atom stereocenters. The minimum atomic E-state index is -0.409. The van der Waals surface area contributed by atoms with Crippen molar-refractivity contribution >= 4 is 17.9 Å². The molecule has 0 bridgehead atoms. The summed E-state index contributed by atoms with van der Waals surface area (Å²) in [6.07, 6.45) is 2.06. The standard InChI is InChI=1S/C15H29NO2S/c1-7-11(2)8-9-16(10-13-12(3)19-13)14(17)18-15(4,5)6/h11-13H,7-10H2,1-6H3. The first kappa shape index (κ1) is 16.7. The van der Waals surface area contributed by atoms with E-state index in [1.807, 2.05) is 37.4 Å². The Morgan fingerprint density at radius 1 is 1.42 bits per heavy atom. The van der Waals surface area contributed by atoms with Gasteiger partial charge in [0.1, 0.15) is 5.60 Å². The van der Waals surface area contributed by atoms with Crippen LogP contribution >= 0.6 is 11.8 Å². The molecule has 1 rings (SSSR count). The number of carbonyl (C=O) groups is 1. The molecule has 3 atom stereocenters. The van der Waals surface area contributed by atoms with Gasteiger partial charge >= 0.3 is 6.09 Å². The summed E-state index contributed by atoms with van der Waals surface area (Å²) in [6, 6.07) is 0. The average Bonchev–Trinajstić information content (AvgIpc) is 2.97. The third-order valence-corrected chi connectivity index (χ3v) is 4.83. The minimum absolute atomic E-state index is 0.157. The summed E-state index contributed by atoms with van der Waals surface area (Å²) in [7, 11) is 0. The fourth-order valence-corrected chi connectivity index (χ4v) is 2.62. The SMILES string of the molecule is CCC(C)CCN(CC1SC1C)C(=O)OC(C)(C)C. The third-order valence-electron chi connectivity index (χ3n) is 3.48. The van der Waals surface area contributed by atoms with Gasteiger partial charge in [-0.3, -0.25) is 0 Å². The van der Waals surface area contributed by atoms with Crippen molar-refractivity contribution in [1.29, 1.82) is 0 Å². The van der Waals surface area contributed by atoms with Gasteiger partial charge in [0, 0.05) is 23.6 Å². The van der Waals surface area contributed by atoms with E-state index >= 15 is 0 Å². The lowest BCUT2D eigenvalue weighted by molar-refractivity contribution is 0.0245. The number of ether oxygens (including phenoxy) is 1. The van der Waals surface area contributed by atoms with Crippen molar-refractivity contribution in [1.82, 2.24) is 4.90 Å². The zero-order valence-corrected chi connectivity index (χ0v) is 14.0. The first-order valence-corrected chi connectivity index (χ1v) is 8.30. The van der Waals surface area contributed by atoms with Gasteiger partial charge in [-0.1, -0.05) is 27.2 Å². The highest BCUT2D eigenvalue weighted by molar-refractivity contribution is 8.07. The molecule has 0 aromatic carbocycles.